The minimum absolute atomic E-state index is 0.471. The van der Waals surface area contributed by atoms with Crippen molar-refractivity contribution in [2.75, 3.05) is 0 Å². The molecule has 0 aromatic carbocycles. The van der Waals surface area contributed by atoms with Crippen molar-refractivity contribution >= 4 is 0 Å². The SMILES string of the molecule is CCC1=C(CC)[C@@H]2CCC[C@H]1C2N. The summed E-state index contributed by atoms with van der Waals surface area (Å²) in [6.45, 7) is 4.58. The predicted octanol–water partition coefficient (Wildman–Crippen LogP) is 2.86. The molecule has 13 heavy (non-hydrogen) atoms. The van der Waals surface area contributed by atoms with E-state index in [4.69, 9.17) is 5.73 Å². The van der Waals surface area contributed by atoms with Gasteiger partial charge in [-0.15, -0.1) is 0 Å². The average molecular weight is 179 g/mol. The topological polar surface area (TPSA) is 26.0 Å². The zero-order chi connectivity index (χ0) is 9.42. The Morgan fingerprint density at radius 1 is 1.08 bits per heavy atom. The van der Waals surface area contributed by atoms with Crippen molar-refractivity contribution in [3.05, 3.63) is 11.1 Å². The molecule has 1 fully saturated rings. The first kappa shape index (κ1) is 9.26. The smallest absolute Gasteiger partial charge is 0.0171 e. The highest BCUT2D eigenvalue weighted by atomic mass is 14.7. The van der Waals surface area contributed by atoms with Gasteiger partial charge in [0.15, 0.2) is 0 Å². The normalized spacial score (nSPS) is 38.5. The van der Waals surface area contributed by atoms with Crippen molar-refractivity contribution in [3.63, 3.8) is 0 Å². The van der Waals surface area contributed by atoms with E-state index < -0.39 is 0 Å². The third kappa shape index (κ3) is 1.25. The fraction of sp³-hybridized carbons (Fsp3) is 0.833. The second kappa shape index (κ2) is 3.45. The predicted molar refractivity (Wildman–Crippen MR) is 56.4 cm³/mol. The molecule has 3 atom stereocenters. The molecule has 0 radical (unpaired) electrons. The molecule has 0 aliphatic heterocycles. The number of hydrogen-bond acceptors (Lipinski definition) is 1. The van der Waals surface area contributed by atoms with Gasteiger partial charge in [0.25, 0.3) is 0 Å². The van der Waals surface area contributed by atoms with Crippen LogP contribution < -0.4 is 5.73 Å². The van der Waals surface area contributed by atoms with Crippen molar-refractivity contribution in [1.82, 2.24) is 0 Å². The molecule has 2 rings (SSSR count). The molecule has 2 aliphatic carbocycles. The van der Waals surface area contributed by atoms with Crippen LogP contribution in [-0.2, 0) is 0 Å². The quantitative estimate of drug-likeness (QED) is 0.648. The van der Waals surface area contributed by atoms with Crippen LogP contribution in [0.2, 0.25) is 0 Å². The van der Waals surface area contributed by atoms with Crippen molar-refractivity contribution < 1.29 is 0 Å². The molecule has 2 bridgehead atoms. The minimum Gasteiger partial charge on any atom is -0.327 e. The van der Waals surface area contributed by atoms with Gasteiger partial charge in [-0.1, -0.05) is 31.4 Å². The van der Waals surface area contributed by atoms with E-state index in [1.165, 1.54) is 32.1 Å². The summed E-state index contributed by atoms with van der Waals surface area (Å²) in [5.41, 5.74) is 9.71. The summed E-state index contributed by atoms with van der Waals surface area (Å²) in [6, 6.07) is 0.471. The van der Waals surface area contributed by atoms with E-state index in [0.29, 0.717) is 6.04 Å². The van der Waals surface area contributed by atoms with Crippen LogP contribution in [0.5, 0.6) is 0 Å². The molecule has 0 amide bonds. The van der Waals surface area contributed by atoms with Gasteiger partial charge in [-0.2, -0.15) is 0 Å². The third-order valence-electron chi connectivity index (χ3n) is 4.03. The lowest BCUT2D eigenvalue weighted by Gasteiger charge is -2.28. The van der Waals surface area contributed by atoms with Gasteiger partial charge >= 0.3 is 0 Å². The molecule has 0 aromatic rings. The lowest BCUT2D eigenvalue weighted by Crippen LogP contribution is -2.36. The summed E-state index contributed by atoms with van der Waals surface area (Å²) in [4.78, 5) is 0. The molecule has 1 saturated carbocycles. The summed E-state index contributed by atoms with van der Waals surface area (Å²) in [7, 11) is 0. The highest BCUT2D eigenvalue weighted by Gasteiger charge is 2.40. The largest absolute Gasteiger partial charge is 0.327 e. The van der Waals surface area contributed by atoms with Crippen LogP contribution in [0, 0.1) is 11.8 Å². The van der Waals surface area contributed by atoms with Crippen LogP contribution in [0.4, 0.5) is 0 Å². The molecule has 1 heteroatoms. The monoisotopic (exact) mass is 179 g/mol. The number of rotatable bonds is 2. The zero-order valence-corrected chi connectivity index (χ0v) is 8.84. The maximum absolute atomic E-state index is 6.27. The average Bonchev–Trinajstić information content (AvgIpc) is 2.34. The number of hydrogen-bond donors (Lipinski definition) is 1. The van der Waals surface area contributed by atoms with Crippen molar-refractivity contribution in [2.45, 2.75) is 52.0 Å². The second-order valence-electron chi connectivity index (χ2n) is 4.48. The molecule has 2 N–H and O–H groups in total. The van der Waals surface area contributed by atoms with E-state index in [9.17, 15) is 0 Å². The van der Waals surface area contributed by atoms with Crippen LogP contribution in [0.25, 0.3) is 0 Å². The van der Waals surface area contributed by atoms with E-state index in [1.807, 2.05) is 0 Å². The Hall–Kier alpha value is -0.300. The van der Waals surface area contributed by atoms with Gasteiger partial charge in [-0.05, 0) is 37.5 Å². The van der Waals surface area contributed by atoms with Gasteiger partial charge in [-0.3, -0.25) is 0 Å². The maximum Gasteiger partial charge on any atom is 0.0171 e. The lowest BCUT2D eigenvalue weighted by atomic mass is 9.80. The fourth-order valence-electron chi connectivity index (χ4n) is 3.49. The lowest BCUT2D eigenvalue weighted by molar-refractivity contribution is 0.309. The van der Waals surface area contributed by atoms with E-state index in [-0.39, 0.29) is 0 Å². The van der Waals surface area contributed by atoms with Crippen LogP contribution >= 0.6 is 0 Å². The first-order valence-electron chi connectivity index (χ1n) is 5.77. The van der Waals surface area contributed by atoms with Crippen LogP contribution in [0.3, 0.4) is 0 Å². The Kier molecular flexibility index (Phi) is 2.46. The Labute approximate surface area is 81.4 Å². The summed E-state index contributed by atoms with van der Waals surface area (Å²) in [5.74, 6) is 1.50. The molecule has 0 aromatic heterocycles. The van der Waals surface area contributed by atoms with Gasteiger partial charge < -0.3 is 5.73 Å². The van der Waals surface area contributed by atoms with Crippen molar-refractivity contribution in [1.29, 1.82) is 0 Å². The summed E-state index contributed by atoms with van der Waals surface area (Å²) in [6.07, 6.45) is 6.57. The standard InChI is InChI=1S/C12H21N/c1-3-8-9(4-2)11-7-5-6-10(8)12(11)13/h10-12H,3-7,13H2,1-2H3/t10-,11+,12?. The van der Waals surface area contributed by atoms with Crippen molar-refractivity contribution in [2.24, 2.45) is 17.6 Å². The third-order valence-corrected chi connectivity index (χ3v) is 4.03. The Bertz CT molecular complexity index is 207. The van der Waals surface area contributed by atoms with Gasteiger partial charge in [0.1, 0.15) is 0 Å². The van der Waals surface area contributed by atoms with Gasteiger partial charge in [-0.25, -0.2) is 0 Å². The van der Waals surface area contributed by atoms with E-state index >= 15 is 0 Å². The Morgan fingerprint density at radius 3 is 1.92 bits per heavy atom. The second-order valence-corrected chi connectivity index (χ2v) is 4.48. The Balaban J connectivity index is 2.32. The first-order chi connectivity index (χ1) is 6.29. The van der Waals surface area contributed by atoms with Crippen molar-refractivity contribution in [3.8, 4) is 0 Å². The summed E-state index contributed by atoms with van der Waals surface area (Å²) >= 11 is 0. The molecular formula is C12H21N. The molecule has 1 nitrogen and oxygen atoms in total. The van der Waals surface area contributed by atoms with Gasteiger partial charge in [0, 0.05) is 6.04 Å². The molecule has 0 heterocycles. The number of fused-ring (bicyclic) bond motifs is 2. The van der Waals surface area contributed by atoms with Gasteiger partial charge in [0.2, 0.25) is 0 Å². The van der Waals surface area contributed by atoms with E-state index in [1.54, 1.807) is 11.1 Å². The molecule has 1 unspecified atom stereocenters. The molecular weight excluding hydrogens is 158 g/mol. The summed E-state index contributed by atoms with van der Waals surface area (Å²) < 4.78 is 0. The minimum atomic E-state index is 0.471. The van der Waals surface area contributed by atoms with Crippen LogP contribution in [-0.4, -0.2) is 6.04 Å². The van der Waals surface area contributed by atoms with E-state index in [2.05, 4.69) is 13.8 Å². The Morgan fingerprint density at radius 2 is 1.54 bits per heavy atom. The molecule has 2 aliphatic rings. The highest BCUT2D eigenvalue weighted by Crippen LogP contribution is 2.47. The molecule has 0 saturated heterocycles. The molecule has 74 valence electrons. The molecule has 0 spiro atoms. The highest BCUT2D eigenvalue weighted by molar-refractivity contribution is 5.31. The van der Waals surface area contributed by atoms with E-state index in [0.717, 1.165) is 11.8 Å². The zero-order valence-electron chi connectivity index (χ0n) is 8.84. The van der Waals surface area contributed by atoms with Crippen LogP contribution in [0.1, 0.15) is 46.0 Å². The van der Waals surface area contributed by atoms with Crippen LogP contribution in [0.15, 0.2) is 11.1 Å². The summed E-state index contributed by atoms with van der Waals surface area (Å²) in [5, 5.41) is 0. The fourth-order valence-corrected chi connectivity index (χ4v) is 3.49. The first-order valence-corrected chi connectivity index (χ1v) is 5.77. The van der Waals surface area contributed by atoms with Gasteiger partial charge in [0.05, 0.1) is 0 Å². The maximum atomic E-state index is 6.27. The number of nitrogens with two attached hydrogens (primary N) is 1.